The highest BCUT2D eigenvalue weighted by molar-refractivity contribution is 9.10. The SMILES string of the molecule is CC(=O)Cc1c(C)nn(-c2ccccc2F)c1Br. The summed E-state index contributed by atoms with van der Waals surface area (Å²) in [6, 6.07) is 6.39. The second-order valence-corrected chi connectivity index (χ2v) is 4.85. The highest BCUT2D eigenvalue weighted by Gasteiger charge is 2.17. The minimum absolute atomic E-state index is 0.0480. The summed E-state index contributed by atoms with van der Waals surface area (Å²) in [5.74, 6) is -0.304. The van der Waals surface area contributed by atoms with E-state index in [1.807, 2.05) is 0 Å². The number of carbonyl (C=O) groups is 1. The number of halogens is 2. The van der Waals surface area contributed by atoms with E-state index in [9.17, 15) is 9.18 Å². The topological polar surface area (TPSA) is 34.9 Å². The first-order valence-electron chi connectivity index (χ1n) is 5.49. The van der Waals surface area contributed by atoms with E-state index in [0.29, 0.717) is 16.7 Å². The summed E-state index contributed by atoms with van der Waals surface area (Å²) in [6.45, 7) is 3.33. The molecule has 0 saturated heterocycles. The molecule has 3 nitrogen and oxygen atoms in total. The Morgan fingerprint density at radius 2 is 2.11 bits per heavy atom. The van der Waals surface area contributed by atoms with E-state index in [2.05, 4.69) is 21.0 Å². The van der Waals surface area contributed by atoms with Crippen molar-refractivity contribution in [2.45, 2.75) is 20.3 Å². The molecule has 0 amide bonds. The van der Waals surface area contributed by atoms with Crippen LogP contribution in [0.15, 0.2) is 28.9 Å². The van der Waals surface area contributed by atoms with Crippen LogP contribution >= 0.6 is 15.9 Å². The van der Waals surface area contributed by atoms with Crippen LogP contribution in [-0.2, 0) is 11.2 Å². The van der Waals surface area contributed by atoms with Crippen LogP contribution in [0.4, 0.5) is 4.39 Å². The molecule has 0 N–H and O–H groups in total. The number of benzene rings is 1. The molecule has 1 aromatic carbocycles. The van der Waals surface area contributed by atoms with Crippen molar-refractivity contribution >= 4 is 21.7 Å². The van der Waals surface area contributed by atoms with Gasteiger partial charge in [0.1, 0.15) is 21.9 Å². The maximum Gasteiger partial charge on any atom is 0.148 e. The fraction of sp³-hybridized carbons (Fsp3) is 0.231. The summed E-state index contributed by atoms with van der Waals surface area (Å²) < 4.78 is 15.8. The van der Waals surface area contributed by atoms with Gasteiger partial charge >= 0.3 is 0 Å². The molecule has 2 aromatic rings. The molecular formula is C13H12BrFN2O. The van der Waals surface area contributed by atoms with Crippen molar-refractivity contribution in [3.05, 3.63) is 45.9 Å². The predicted octanol–water partition coefficient (Wildman–Crippen LogP) is 3.21. The van der Waals surface area contributed by atoms with Crippen molar-refractivity contribution < 1.29 is 9.18 Å². The van der Waals surface area contributed by atoms with Crippen LogP contribution in [0, 0.1) is 12.7 Å². The smallest absolute Gasteiger partial charge is 0.148 e. The van der Waals surface area contributed by atoms with Gasteiger partial charge in [0.05, 0.1) is 5.69 Å². The number of nitrogens with zero attached hydrogens (tertiary/aromatic N) is 2. The van der Waals surface area contributed by atoms with Crippen molar-refractivity contribution in [2.24, 2.45) is 0 Å². The summed E-state index contributed by atoms with van der Waals surface area (Å²) in [7, 11) is 0. The summed E-state index contributed by atoms with van der Waals surface area (Å²) in [6.07, 6.45) is 0.293. The minimum Gasteiger partial charge on any atom is -0.300 e. The number of hydrogen-bond donors (Lipinski definition) is 0. The largest absolute Gasteiger partial charge is 0.300 e. The summed E-state index contributed by atoms with van der Waals surface area (Å²) in [4.78, 5) is 11.2. The molecule has 0 radical (unpaired) electrons. The molecule has 1 heterocycles. The first kappa shape index (κ1) is 13.0. The first-order valence-corrected chi connectivity index (χ1v) is 6.28. The minimum atomic E-state index is -0.352. The van der Waals surface area contributed by atoms with Gasteiger partial charge in [0, 0.05) is 12.0 Å². The zero-order chi connectivity index (χ0) is 13.3. The molecule has 1 aromatic heterocycles. The lowest BCUT2D eigenvalue weighted by atomic mass is 10.1. The second-order valence-electron chi connectivity index (χ2n) is 4.10. The molecular weight excluding hydrogens is 299 g/mol. The van der Waals surface area contributed by atoms with Crippen molar-refractivity contribution in [2.75, 3.05) is 0 Å². The van der Waals surface area contributed by atoms with E-state index in [1.54, 1.807) is 25.1 Å². The number of rotatable bonds is 3. The monoisotopic (exact) mass is 310 g/mol. The van der Waals surface area contributed by atoms with Crippen molar-refractivity contribution in [3.8, 4) is 5.69 Å². The van der Waals surface area contributed by atoms with Gasteiger partial charge in [0.25, 0.3) is 0 Å². The highest BCUT2D eigenvalue weighted by Crippen LogP contribution is 2.25. The van der Waals surface area contributed by atoms with Gasteiger partial charge in [0.15, 0.2) is 0 Å². The average Bonchev–Trinajstić information content (AvgIpc) is 2.57. The van der Waals surface area contributed by atoms with E-state index in [1.165, 1.54) is 17.7 Å². The third kappa shape index (κ3) is 2.36. The van der Waals surface area contributed by atoms with Gasteiger partial charge in [-0.25, -0.2) is 9.07 Å². The quantitative estimate of drug-likeness (QED) is 0.872. The van der Waals surface area contributed by atoms with Gasteiger partial charge in [-0.05, 0) is 41.9 Å². The predicted molar refractivity (Wildman–Crippen MR) is 70.3 cm³/mol. The number of para-hydroxylation sites is 1. The Bertz CT molecular complexity index is 607. The number of carbonyl (C=O) groups excluding carboxylic acids is 1. The first-order chi connectivity index (χ1) is 8.50. The lowest BCUT2D eigenvalue weighted by Gasteiger charge is -2.04. The van der Waals surface area contributed by atoms with Crippen LogP contribution in [0.1, 0.15) is 18.2 Å². The van der Waals surface area contributed by atoms with Crippen molar-refractivity contribution in [1.29, 1.82) is 0 Å². The molecule has 0 atom stereocenters. The average molecular weight is 311 g/mol. The number of aryl methyl sites for hydroxylation is 1. The van der Waals surface area contributed by atoms with Gasteiger partial charge in [0.2, 0.25) is 0 Å². The number of hydrogen-bond acceptors (Lipinski definition) is 2. The molecule has 0 aliphatic heterocycles. The molecule has 94 valence electrons. The van der Waals surface area contributed by atoms with Gasteiger partial charge < -0.3 is 0 Å². The van der Waals surface area contributed by atoms with E-state index in [-0.39, 0.29) is 11.6 Å². The van der Waals surface area contributed by atoms with E-state index >= 15 is 0 Å². The highest BCUT2D eigenvalue weighted by atomic mass is 79.9. The van der Waals surface area contributed by atoms with Crippen LogP contribution in [-0.4, -0.2) is 15.6 Å². The van der Waals surface area contributed by atoms with Crippen LogP contribution in [0.25, 0.3) is 5.69 Å². The second kappa shape index (κ2) is 5.02. The number of aromatic nitrogens is 2. The zero-order valence-corrected chi connectivity index (χ0v) is 11.7. The van der Waals surface area contributed by atoms with E-state index in [0.717, 1.165) is 11.3 Å². The molecule has 0 unspecified atom stereocenters. The van der Waals surface area contributed by atoms with Crippen LogP contribution in [0.2, 0.25) is 0 Å². The third-order valence-electron chi connectivity index (χ3n) is 2.63. The van der Waals surface area contributed by atoms with Crippen molar-refractivity contribution in [3.63, 3.8) is 0 Å². The molecule has 5 heteroatoms. The standard InChI is InChI=1S/C13H12BrFN2O/c1-8(18)7-10-9(2)16-17(13(10)14)12-6-4-3-5-11(12)15/h3-6H,7H2,1-2H3. The molecule has 0 bridgehead atoms. The number of Topliss-reactive ketones (excluding diaryl/α,β-unsaturated/α-hetero) is 1. The summed E-state index contributed by atoms with van der Waals surface area (Å²) in [5, 5.41) is 4.27. The summed E-state index contributed by atoms with van der Waals surface area (Å²) >= 11 is 3.38. The lowest BCUT2D eigenvalue weighted by molar-refractivity contribution is -0.116. The zero-order valence-electron chi connectivity index (χ0n) is 10.1. The Morgan fingerprint density at radius 1 is 1.44 bits per heavy atom. The number of ketones is 1. The molecule has 2 rings (SSSR count). The van der Waals surface area contributed by atoms with E-state index < -0.39 is 0 Å². The Labute approximate surface area is 113 Å². The Balaban J connectivity index is 2.54. The third-order valence-corrected chi connectivity index (χ3v) is 3.44. The van der Waals surface area contributed by atoms with E-state index in [4.69, 9.17) is 0 Å². The molecule has 0 aliphatic carbocycles. The molecule has 18 heavy (non-hydrogen) atoms. The van der Waals surface area contributed by atoms with Crippen LogP contribution in [0.5, 0.6) is 0 Å². The maximum atomic E-state index is 13.7. The Morgan fingerprint density at radius 3 is 2.72 bits per heavy atom. The van der Waals surface area contributed by atoms with Gasteiger partial charge in [-0.3, -0.25) is 4.79 Å². The maximum absolute atomic E-state index is 13.7. The molecule has 0 saturated carbocycles. The molecule has 0 aliphatic rings. The molecule has 0 fully saturated rings. The fourth-order valence-electron chi connectivity index (χ4n) is 1.76. The van der Waals surface area contributed by atoms with Crippen LogP contribution in [0.3, 0.4) is 0 Å². The van der Waals surface area contributed by atoms with Gasteiger partial charge in [-0.15, -0.1) is 0 Å². The lowest BCUT2D eigenvalue weighted by Crippen LogP contribution is -2.01. The normalized spacial score (nSPS) is 10.7. The fourth-order valence-corrected chi connectivity index (χ4v) is 2.46. The Hall–Kier alpha value is -1.49. The van der Waals surface area contributed by atoms with Gasteiger partial charge in [-0.1, -0.05) is 12.1 Å². The van der Waals surface area contributed by atoms with Gasteiger partial charge in [-0.2, -0.15) is 5.10 Å². The van der Waals surface area contributed by atoms with Crippen LogP contribution < -0.4 is 0 Å². The molecule has 0 spiro atoms. The Kier molecular flexibility index (Phi) is 3.61. The summed E-state index contributed by atoms with van der Waals surface area (Å²) in [5.41, 5.74) is 1.88. The van der Waals surface area contributed by atoms with Crippen molar-refractivity contribution in [1.82, 2.24) is 9.78 Å².